The molecule has 0 saturated carbocycles. The molecule has 1 N–H and O–H groups in total. The molecule has 0 spiro atoms. The van der Waals surface area contributed by atoms with Gasteiger partial charge in [0, 0.05) is 23.5 Å². The molecular formula is C24H24N3O2+. The first-order chi connectivity index (χ1) is 14.0. The highest BCUT2D eigenvalue weighted by Gasteiger charge is 2.44. The Labute approximate surface area is 170 Å². The first-order valence-corrected chi connectivity index (χ1v) is 9.70. The SMILES string of the molecule is Cc1ccc(N2C(=O)C[n+]3ccccc3C2C(=O)Nc2ccccc2C)c(C)c1. The maximum absolute atomic E-state index is 13.5. The van der Waals surface area contributed by atoms with Crippen molar-refractivity contribution in [1.29, 1.82) is 0 Å². The van der Waals surface area contributed by atoms with Crippen molar-refractivity contribution in [2.75, 3.05) is 10.2 Å². The molecule has 0 radical (unpaired) electrons. The van der Waals surface area contributed by atoms with Crippen LogP contribution in [0.2, 0.25) is 0 Å². The maximum Gasteiger partial charge on any atom is 0.294 e. The third-order valence-corrected chi connectivity index (χ3v) is 5.35. The molecule has 1 aliphatic rings. The molecule has 1 unspecified atom stereocenters. The van der Waals surface area contributed by atoms with Crippen LogP contribution in [0.4, 0.5) is 11.4 Å². The van der Waals surface area contributed by atoms with Crippen molar-refractivity contribution in [3.63, 3.8) is 0 Å². The lowest BCUT2D eigenvalue weighted by atomic mass is 10.0. The number of fused-ring (bicyclic) bond motifs is 1. The Morgan fingerprint density at radius 1 is 1.00 bits per heavy atom. The molecular weight excluding hydrogens is 362 g/mol. The summed E-state index contributed by atoms with van der Waals surface area (Å²) in [6.07, 6.45) is 1.85. The number of para-hydroxylation sites is 1. The number of benzene rings is 2. The van der Waals surface area contributed by atoms with E-state index in [-0.39, 0.29) is 18.4 Å². The first-order valence-electron chi connectivity index (χ1n) is 9.70. The summed E-state index contributed by atoms with van der Waals surface area (Å²) in [5.41, 5.74) is 5.36. The number of aromatic nitrogens is 1. The van der Waals surface area contributed by atoms with Gasteiger partial charge in [0.05, 0.1) is 0 Å². The number of amides is 2. The van der Waals surface area contributed by atoms with Crippen LogP contribution >= 0.6 is 0 Å². The van der Waals surface area contributed by atoms with Crippen molar-refractivity contribution in [3.8, 4) is 0 Å². The quantitative estimate of drug-likeness (QED) is 0.699. The minimum absolute atomic E-state index is 0.106. The standard InChI is InChI=1S/C24H23N3O2/c1-16-11-12-20(18(3)14-16)27-22(28)15-26-13-7-6-10-21(26)23(27)24(29)25-19-9-5-4-8-17(19)2/h4-14,23H,15H2,1-3H3/p+1. The zero-order valence-electron chi connectivity index (χ0n) is 16.8. The zero-order chi connectivity index (χ0) is 20.5. The molecule has 4 rings (SSSR count). The molecule has 0 saturated heterocycles. The maximum atomic E-state index is 13.5. The van der Waals surface area contributed by atoms with Gasteiger partial charge in [-0.3, -0.25) is 14.5 Å². The molecule has 0 aliphatic carbocycles. The lowest BCUT2D eigenvalue weighted by molar-refractivity contribution is -0.695. The van der Waals surface area contributed by atoms with Crippen molar-refractivity contribution >= 4 is 23.2 Å². The van der Waals surface area contributed by atoms with E-state index in [0.29, 0.717) is 0 Å². The fourth-order valence-corrected chi connectivity index (χ4v) is 3.89. The fourth-order valence-electron chi connectivity index (χ4n) is 3.89. The van der Waals surface area contributed by atoms with E-state index in [4.69, 9.17) is 0 Å². The second-order valence-corrected chi connectivity index (χ2v) is 7.51. The minimum atomic E-state index is -0.751. The van der Waals surface area contributed by atoms with Gasteiger partial charge >= 0.3 is 0 Å². The average Bonchev–Trinajstić information content (AvgIpc) is 2.69. The van der Waals surface area contributed by atoms with Crippen LogP contribution in [0, 0.1) is 20.8 Å². The predicted molar refractivity (Wildman–Crippen MR) is 113 cm³/mol. The third kappa shape index (κ3) is 3.51. The second-order valence-electron chi connectivity index (χ2n) is 7.51. The lowest BCUT2D eigenvalue weighted by Crippen LogP contribution is -2.58. The molecule has 5 heteroatoms. The molecule has 1 aromatic heterocycles. The van der Waals surface area contributed by atoms with Gasteiger partial charge in [0.1, 0.15) is 0 Å². The average molecular weight is 386 g/mol. The van der Waals surface area contributed by atoms with Gasteiger partial charge in [0.25, 0.3) is 11.8 Å². The number of anilines is 2. The highest BCUT2D eigenvalue weighted by molar-refractivity contribution is 6.06. The van der Waals surface area contributed by atoms with Gasteiger partial charge in [-0.15, -0.1) is 0 Å². The van der Waals surface area contributed by atoms with Crippen molar-refractivity contribution in [1.82, 2.24) is 0 Å². The van der Waals surface area contributed by atoms with Crippen LogP contribution in [0.15, 0.2) is 66.9 Å². The number of carbonyl (C=O) groups is 2. The van der Waals surface area contributed by atoms with Crippen LogP contribution in [0.3, 0.4) is 0 Å². The van der Waals surface area contributed by atoms with E-state index in [1.165, 1.54) is 0 Å². The van der Waals surface area contributed by atoms with E-state index in [1.807, 2.05) is 92.2 Å². The van der Waals surface area contributed by atoms with E-state index in [1.54, 1.807) is 4.90 Å². The van der Waals surface area contributed by atoms with Gasteiger partial charge in [0.2, 0.25) is 18.3 Å². The second kappa shape index (κ2) is 7.51. The fraction of sp³-hybridized carbons (Fsp3) is 0.208. The van der Waals surface area contributed by atoms with Crippen LogP contribution in [0.5, 0.6) is 0 Å². The summed E-state index contributed by atoms with van der Waals surface area (Å²) < 4.78 is 1.85. The van der Waals surface area contributed by atoms with Crippen molar-refractivity contribution in [2.24, 2.45) is 0 Å². The topological polar surface area (TPSA) is 53.3 Å². The molecule has 2 aromatic carbocycles. The van der Waals surface area contributed by atoms with Crippen molar-refractivity contribution < 1.29 is 14.2 Å². The monoisotopic (exact) mass is 386 g/mol. The van der Waals surface area contributed by atoms with Crippen LogP contribution in [0.25, 0.3) is 0 Å². The Bertz CT molecular complexity index is 1110. The largest absolute Gasteiger partial charge is 0.324 e. The van der Waals surface area contributed by atoms with Crippen LogP contribution in [-0.2, 0) is 16.1 Å². The number of rotatable bonds is 3. The van der Waals surface area contributed by atoms with Crippen LogP contribution in [-0.4, -0.2) is 11.8 Å². The number of hydrogen-bond donors (Lipinski definition) is 1. The molecule has 146 valence electrons. The number of pyridine rings is 1. The lowest BCUT2D eigenvalue weighted by Gasteiger charge is -2.33. The number of aryl methyl sites for hydroxylation is 3. The van der Waals surface area contributed by atoms with E-state index < -0.39 is 6.04 Å². The number of carbonyl (C=O) groups excluding carboxylic acids is 2. The Morgan fingerprint density at radius 2 is 1.76 bits per heavy atom. The summed E-state index contributed by atoms with van der Waals surface area (Å²) in [6.45, 7) is 6.14. The van der Waals surface area contributed by atoms with Gasteiger partial charge in [0.15, 0.2) is 6.20 Å². The third-order valence-electron chi connectivity index (χ3n) is 5.35. The minimum Gasteiger partial charge on any atom is -0.324 e. The first kappa shape index (κ1) is 18.9. The van der Waals surface area contributed by atoms with Gasteiger partial charge in [-0.05, 0) is 44.0 Å². The Morgan fingerprint density at radius 3 is 2.52 bits per heavy atom. The van der Waals surface area contributed by atoms with E-state index in [9.17, 15) is 9.59 Å². The molecule has 0 bridgehead atoms. The van der Waals surface area contributed by atoms with Gasteiger partial charge in [-0.1, -0.05) is 42.0 Å². The Kier molecular flexibility index (Phi) is 4.89. The van der Waals surface area contributed by atoms with E-state index in [2.05, 4.69) is 5.32 Å². The summed E-state index contributed by atoms with van der Waals surface area (Å²) in [6, 6.07) is 18.5. The van der Waals surface area contributed by atoms with E-state index >= 15 is 0 Å². The Hall–Kier alpha value is -3.47. The number of nitrogens with one attached hydrogen (secondary N) is 1. The summed E-state index contributed by atoms with van der Waals surface area (Å²) in [5, 5.41) is 3.03. The molecule has 3 aromatic rings. The predicted octanol–water partition coefficient (Wildman–Crippen LogP) is 3.63. The highest BCUT2D eigenvalue weighted by atomic mass is 16.2. The highest BCUT2D eigenvalue weighted by Crippen LogP contribution is 2.32. The molecule has 1 atom stereocenters. The normalized spacial score (nSPS) is 15.8. The van der Waals surface area contributed by atoms with Gasteiger partial charge in [-0.2, -0.15) is 4.57 Å². The number of hydrogen-bond acceptors (Lipinski definition) is 2. The summed E-state index contributed by atoms with van der Waals surface area (Å²) in [5.74, 6) is -0.335. The molecule has 2 amide bonds. The van der Waals surface area contributed by atoms with Crippen LogP contribution < -0.4 is 14.8 Å². The molecule has 0 fully saturated rings. The number of nitrogens with zero attached hydrogens (tertiary/aromatic N) is 2. The van der Waals surface area contributed by atoms with Gasteiger partial charge in [-0.25, -0.2) is 0 Å². The zero-order valence-corrected chi connectivity index (χ0v) is 16.8. The van der Waals surface area contributed by atoms with Gasteiger partial charge < -0.3 is 5.32 Å². The van der Waals surface area contributed by atoms with Crippen molar-refractivity contribution in [2.45, 2.75) is 33.4 Å². The van der Waals surface area contributed by atoms with Crippen molar-refractivity contribution in [3.05, 3.63) is 89.2 Å². The molecule has 1 aliphatic heterocycles. The Balaban J connectivity index is 1.82. The molecule has 29 heavy (non-hydrogen) atoms. The smallest absolute Gasteiger partial charge is 0.294 e. The van der Waals surface area contributed by atoms with E-state index in [0.717, 1.165) is 33.8 Å². The molecule has 2 heterocycles. The summed E-state index contributed by atoms with van der Waals surface area (Å²) in [4.78, 5) is 28.3. The van der Waals surface area contributed by atoms with Crippen LogP contribution in [0.1, 0.15) is 28.4 Å². The summed E-state index contributed by atoms with van der Waals surface area (Å²) >= 11 is 0. The molecule has 5 nitrogen and oxygen atoms in total. The summed E-state index contributed by atoms with van der Waals surface area (Å²) in [7, 11) is 0.